The summed E-state index contributed by atoms with van der Waals surface area (Å²) in [7, 11) is 0. The number of rotatable bonds is 4. The summed E-state index contributed by atoms with van der Waals surface area (Å²) >= 11 is 0. The molecule has 1 aliphatic carbocycles. The summed E-state index contributed by atoms with van der Waals surface area (Å²) in [5.41, 5.74) is -0.321. The van der Waals surface area contributed by atoms with Gasteiger partial charge in [0.15, 0.2) is 0 Å². The monoisotopic (exact) mass is 234 g/mol. The summed E-state index contributed by atoms with van der Waals surface area (Å²) in [5, 5.41) is 11.7. The Morgan fingerprint density at radius 3 is 2.71 bits per heavy atom. The predicted molar refractivity (Wildman–Crippen MR) is 60.1 cm³/mol. The van der Waals surface area contributed by atoms with Gasteiger partial charge < -0.3 is 10.4 Å². The number of aromatic nitrogens is 1. The lowest BCUT2D eigenvalue weighted by molar-refractivity contribution is -0.149. The quantitative estimate of drug-likeness (QED) is 0.765. The Kier molecular flexibility index (Phi) is 2.83. The van der Waals surface area contributed by atoms with Crippen LogP contribution < -0.4 is 5.32 Å². The van der Waals surface area contributed by atoms with Crippen LogP contribution in [-0.4, -0.2) is 22.0 Å². The number of aliphatic carboxylic acids is 1. The maximum absolute atomic E-state index is 11.8. The summed E-state index contributed by atoms with van der Waals surface area (Å²) in [5.74, 6) is -1.44. The van der Waals surface area contributed by atoms with E-state index in [2.05, 4.69) is 10.3 Å². The van der Waals surface area contributed by atoms with Crippen LogP contribution in [0.1, 0.15) is 31.4 Å². The van der Waals surface area contributed by atoms with E-state index in [4.69, 9.17) is 5.11 Å². The average molecular weight is 234 g/mol. The first-order valence-corrected chi connectivity index (χ1v) is 5.50. The molecule has 1 atom stereocenters. The van der Waals surface area contributed by atoms with Gasteiger partial charge in [0.25, 0.3) is 0 Å². The molecule has 1 amide bonds. The smallest absolute Gasteiger partial charge is 0.319 e. The van der Waals surface area contributed by atoms with Gasteiger partial charge in [0.2, 0.25) is 5.91 Å². The van der Waals surface area contributed by atoms with E-state index in [1.54, 1.807) is 18.5 Å². The highest BCUT2D eigenvalue weighted by Gasteiger charge is 2.57. The van der Waals surface area contributed by atoms with E-state index in [1.807, 2.05) is 13.0 Å². The molecule has 1 aromatic rings. The maximum Gasteiger partial charge on any atom is 0.319 e. The summed E-state index contributed by atoms with van der Waals surface area (Å²) in [4.78, 5) is 26.8. The highest BCUT2D eigenvalue weighted by Crippen LogP contribution is 2.46. The number of hydrogen-bond donors (Lipinski definition) is 2. The molecule has 1 heterocycles. The van der Waals surface area contributed by atoms with Gasteiger partial charge in [-0.25, -0.2) is 0 Å². The molecule has 90 valence electrons. The fourth-order valence-electron chi connectivity index (χ4n) is 1.71. The lowest BCUT2D eigenvalue weighted by Gasteiger charge is -2.17. The molecule has 1 aromatic heterocycles. The van der Waals surface area contributed by atoms with Gasteiger partial charge in [-0.3, -0.25) is 14.6 Å². The van der Waals surface area contributed by atoms with E-state index in [9.17, 15) is 9.59 Å². The van der Waals surface area contributed by atoms with Gasteiger partial charge in [-0.05, 0) is 31.4 Å². The van der Waals surface area contributed by atoms with Crippen molar-refractivity contribution < 1.29 is 14.7 Å². The Morgan fingerprint density at radius 2 is 2.24 bits per heavy atom. The van der Waals surface area contributed by atoms with Crippen LogP contribution in [0.25, 0.3) is 0 Å². The van der Waals surface area contributed by atoms with E-state index in [-0.39, 0.29) is 6.04 Å². The molecule has 5 heteroatoms. The number of pyridine rings is 1. The van der Waals surface area contributed by atoms with Crippen LogP contribution >= 0.6 is 0 Å². The molecular weight excluding hydrogens is 220 g/mol. The van der Waals surface area contributed by atoms with Gasteiger partial charge in [-0.1, -0.05) is 6.07 Å². The van der Waals surface area contributed by atoms with Crippen molar-refractivity contribution in [2.75, 3.05) is 0 Å². The van der Waals surface area contributed by atoms with Crippen LogP contribution in [0.3, 0.4) is 0 Å². The minimum absolute atomic E-state index is 0.229. The SMILES string of the molecule is CC(NC(=O)C1(C(=O)O)CC1)c1cccnc1. The third-order valence-electron chi connectivity index (χ3n) is 3.13. The lowest BCUT2D eigenvalue weighted by atomic mass is 10.1. The van der Waals surface area contributed by atoms with Crippen LogP contribution in [0.5, 0.6) is 0 Å². The Bertz CT molecular complexity index is 440. The zero-order valence-corrected chi connectivity index (χ0v) is 9.51. The summed E-state index contributed by atoms with van der Waals surface area (Å²) in [6.45, 7) is 1.81. The summed E-state index contributed by atoms with van der Waals surface area (Å²) in [6.07, 6.45) is 4.16. The van der Waals surface area contributed by atoms with Crippen molar-refractivity contribution in [2.45, 2.75) is 25.8 Å². The van der Waals surface area contributed by atoms with E-state index >= 15 is 0 Å². The van der Waals surface area contributed by atoms with Crippen molar-refractivity contribution in [3.63, 3.8) is 0 Å². The zero-order valence-electron chi connectivity index (χ0n) is 9.51. The molecule has 1 saturated carbocycles. The molecule has 17 heavy (non-hydrogen) atoms. The molecule has 1 aliphatic rings. The van der Waals surface area contributed by atoms with Crippen LogP contribution in [0, 0.1) is 5.41 Å². The van der Waals surface area contributed by atoms with Crippen LogP contribution in [0.15, 0.2) is 24.5 Å². The first kappa shape index (κ1) is 11.6. The number of carbonyl (C=O) groups excluding carboxylic acids is 1. The largest absolute Gasteiger partial charge is 0.480 e. The van der Waals surface area contributed by atoms with Gasteiger partial charge in [-0.15, -0.1) is 0 Å². The summed E-state index contributed by atoms with van der Waals surface area (Å²) < 4.78 is 0. The van der Waals surface area contributed by atoms with Crippen molar-refractivity contribution in [1.29, 1.82) is 0 Å². The second-order valence-corrected chi connectivity index (χ2v) is 4.37. The number of carboxylic acids is 1. The Labute approximate surface area is 98.9 Å². The van der Waals surface area contributed by atoms with Crippen LogP contribution in [0.4, 0.5) is 0 Å². The van der Waals surface area contributed by atoms with Crippen molar-refractivity contribution in [3.05, 3.63) is 30.1 Å². The van der Waals surface area contributed by atoms with Gasteiger partial charge in [0.05, 0.1) is 6.04 Å². The fraction of sp³-hybridized carbons (Fsp3) is 0.417. The van der Waals surface area contributed by atoms with Crippen LogP contribution in [0.2, 0.25) is 0 Å². The Morgan fingerprint density at radius 1 is 1.53 bits per heavy atom. The molecule has 0 saturated heterocycles. The van der Waals surface area contributed by atoms with Crippen molar-refractivity contribution in [1.82, 2.24) is 10.3 Å². The van der Waals surface area contributed by atoms with E-state index in [1.165, 1.54) is 0 Å². The first-order valence-electron chi connectivity index (χ1n) is 5.50. The maximum atomic E-state index is 11.8. The predicted octanol–water partition coefficient (Wildman–Crippen LogP) is 1.12. The van der Waals surface area contributed by atoms with Crippen molar-refractivity contribution in [3.8, 4) is 0 Å². The highest BCUT2D eigenvalue weighted by atomic mass is 16.4. The van der Waals surface area contributed by atoms with Crippen molar-refractivity contribution >= 4 is 11.9 Å². The normalized spacial score (nSPS) is 18.2. The minimum Gasteiger partial charge on any atom is -0.480 e. The molecule has 0 bridgehead atoms. The molecule has 0 aromatic carbocycles. The van der Waals surface area contributed by atoms with Gasteiger partial charge in [0, 0.05) is 12.4 Å². The molecule has 0 spiro atoms. The average Bonchev–Trinajstić information content (AvgIpc) is 3.11. The van der Waals surface area contributed by atoms with E-state index in [0.717, 1.165) is 5.56 Å². The molecule has 1 unspecified atom stereocenters. The number of amides is 1. The number of hydrogen-bond acceptors (Lipinski definition) is 3. The van der Waals surface area contributed by atoms with E-state index in [0.29, 0.717) is 12.8 Å². The second-order valence-electron chi connectivity index (χ2n) is 4.37. The second kappa shape index (κ2) is 4.16. The van der Waals surface area contributed by atoms with Gasteiger partial charge in [-0.2, -0.15) is 0 Å². The highest BCUT2D eigenvalue weighted by molar-refractivity contribution is 6.04. The van der Waals surface area contributed by atoms with Crippen molar-refractivity contribution in [2.24, 2.45) is 5.41 Å². The first-order chi connectivity index (χ1) is 8.06. The Balaban J connectivity index is 2.03. The van der Waals surface area contributed by atoms with Gasteiger partial charge >= 0.3 is 5.97 Å². The molecular formula is C12H14N2O3. The number of nitrogens with one attached hydrogen (secondary N) is 1. The minimum atomic E-state index is -1.18. The number of carbonyl (C=O) groups is 2. The topological polar surface area (TPSA) is 79.3 Å². The molecule has 1 fully saturated rings. The number of nitrogens with zero attached hydrogens (tertiary/aromatic N) is 1. The lowest BCUT2D eigenvalue weighted by Crippen LogP contribution is -2.38. The fourth-order valence-corrected chi connectivity index (χ4v) is 1.71. The zero-order chi connectivity index (χ0) is 12.5. The number of carboxylic acid groups (broad SMARTS) is 1. The molecule has 0 radical (unpaired) electrons. The third-order valence-corrected chi connectivity index (χ3v) is 3.13. The van der Waals surface area contributed by atoms with Gasteiger partial charge in [0.1, 0.15) is 5.41 Å². The Hall–Kier alpha value is -1.91. The molecule has 0 aliphatic heterocycles. The summed E-state index contributed by atoms with van der Waals surface area (Å²) in [6, 6.07) is 3.40. The van der Waals surface area contributed by atoms with E-state index < -0.39 is 17.3 Å². The molecule has 5 nitrogen and oxygen atoms in total. The molecule has 2 N–H and O–H groups in total. The third kappa shape index (κ3) is 2.13. The molecule has 2 rings (SSSR count). The standard InChI is InChI=1S/C12H14N2O3/c1-8(9-3-2-6-13-7-9)14-10(15)12(4-5-12)11(16)17/h2-3,6-8H,4-5H2,1H3,(H,14,15)(H,16,17). The van der Waals surface area contributed by atoms with Crippen LogP contribution in [-0.2, 0) is 9.59 Å².